The summed E-state index contributed by atoms with van der Waals surface area (Å²) in [7, 11) is 0. The van der Waals surface area contributed by atoms with Gasteiger partial charge in [0.2, 0.25) is 0 Å². The Morgan fingerprint density at radius 1 is 1.24 bits per heavy atom. The van der Waals surface area contributed by atoms with Crippen LogP contribution in [0, 0.1) is 5.92 Å². The van der Waals surface area contributed by atoms with E-state index >= 15 is 0 Å². The molecule has 2 saturated carbocycles. The molecule has 0 unspecified atom stereocenters. The normalized spacial score (nSPS) is 18.3. The second-order valence-electron chi connectivity index (χ2n) is 7.04. The van der Waals surface area contributed by atoms with Crippen LogP contribution in [-0.2, 0) is 6.54 Å². The lowest BCUT2D eigenvalue weighted by Crippen LogP contribution is -2.29. The van der Waals surface area contributed by atoms with Gasteiger partial charge >= 0.3 is 0 Å². The number of nitrogens with zero attached hydrogens (tertiary/aromatic N) is 1. The highest BCUT2D eigenvalue weighted by molar-refractivity contribution is 9.10. The van der Waals surface area contributed by atoms with Crippen LogP contribution in [-0.4, -0.2) is 18.6 Å². The van der Waals surface area contributed by atoms with Gasteiger partial charge in [-0.3, -0.25) is 0 Å². The molecule has 3 rings (SSSR count). The van der Waals surface area contributed by atoms with Crippen LogP contribution in [0.15, 0.2) is 22.7 Å². The van der Waals surface area contributed by atoms with Crippen molar-refractivity contribution < 1.29 is 0 Å². The maximum Gasteiger partial charge on any atom is 0.0415 e. The highest BCUT2D eigenvalue weighted by Gasteiger charge is 2.30. The van der Waals surface area contributed by atoms with E-state index in [9.17, 15) is 0 Å². The smallest absolute Gasteiger partial charge is 0.0415 e. The van der Waals surface area contributed by atoms with Crippen molar-refractivity contribution in [1.29, 1.82) is 0 Å². The average Bonchev–Trinajstić information content (AvgIpc) is 3.32. The molecule has 116 valence electrons. The van der Waals surface area contributed by atoms with Crippen molar-refractivity contribution in [2.24, 2.45) is 5.92 Å². The van der Waals surface area contributed by atoms with E-state index in [1.165, 1.54) is 54.4 Å². The summed E-state index contributed by atoms with van der Waals surface area (Å²) in [6, 6.07) is 8.36. The molecular weight excluding hydrogens is 324 g/mol. The van der Waals surface area contributed by atoms with E-state index in [0.717, 1.165) is 24.5 Å². The van der Waals surface area contributed by atoms with E-state index < -0.39 is 0 Å². The molecule has 1 N–H and O–H groups in total. The summed E-state index contributed by atoms with van der Waals surface area (Å²) in [6.07, 6.45) is 6.71. The Hall–Kier alpha value is -0.540. The topological polar surface area (TPSA) is 15.3 Å². The average molecular weight is 351 g/mol. The van der Waals surface area contributed by atoms with E-state index in [-0.39, 0.29) is 0 Å². The maximum absolute atomic E-state index is 3.67. The standard InChI is InChI=1S/C18H27BrN2/c1-13(2)9-10-21(17-6-7-17)18-8-3-15(19)11-14(18)12-20-16-4-5-16/h3,8,11,13,16-17,20H,4-7,9-10,12H2,1-2H3. The minimum absolute atomic E-state index is 0.766. The number of anilines is 1. The lowest BCUT2D eigenvalue weighted by atomic mass is 10.1. The molecule has 0 amide bonds. The van der Waals surface area contributed by atoms with Gasteiger partial charge in [0, 0.05) is 35.3 Å². The van der Waals surface area contributed by atoms with Crippen LogP contribution in [0.5, 0.6) is 0 Å². The molecule has 0 radical (unpaired) electrons. The first-order valence-corrected chi connectivity index (χ1v) is 9.21. The largest absolute Gasteiger partial charge is 0.368 e. The number of halogens is 1. The number of hydrogen-bond donors (Lipinski definition) is 1. The molecule has 0 saturated heterocycles. The Morgan fingerprint density at radius 3 is 2.62 bits per heavy atom. The first kappa shape index (κ1) is 15.4. The Labute approximate surface area is 137 Å². The number of nitrogens with one attached hydrogen (secondary N) is 1. The van der Waals surface area contributed by atoms with Crippen LogP contribution in [0.25, 0.3) is 0 Å². The highest BCUT2D eigenvalue weighted by Crippen LogP contribution is 2.35. The molecule has 0 atom stereocenters. The van der Waals surface area contributed by atoms with E-state index in [2.05, 4.69) is 58.2 Å². The summed E-state index contributed by atoms with van der Waals surface area (Å²) < 4.78 is 1.19. The van der Waals surface area contributed by atoms with Gasteiger partial charge in [0.25, 0.3) is 0 Å². The predicted molar refractivity (Wildman–Crippen MR) is 93.8 cm³/mol. The summed E-state index contributed by atoms with van der Waals surface area (Å²) in [5, 5.41) is 3.67. The minimum atomic E-state index is 0.766. The Kier molecular flexibility index (Phi) is 4.90. The molecule has 0 bridgehead atoms. The number of benzene rings is 1. The minimum Gasteiger partial charge on any atom is -0.368 e. The second kappa shape index (κ2) is 6.70. The number of hydrogen-bond acceptors (Lipinski definition) is 2. The van der Waals surface area contributed by atoms with Gasteiger partial charge < -0.3 is 10.2 Å². The second-order valence-corrected chi connectivity index (χ2v) is 7.95. The summed E-state index contributed by atoms with van der Waals surface area (Å²) in [4.78, 5) is 2.66. The van der Waals surface area contributed by atoms with Gasteiger partial charge in [0.15, 0.2) is 0 Å². The van der Waals surface area contributed by atoms with Crippen molar-refractivity contribution in [2.75, 3.05) is 11.4 Å². The van der Waals surface area contributed by atoms with Gasteiger partial charge in [0.1, 0.15) is 0 Å². The molecule has 0 spiro atoms. The zero-order valence-corrected chi connectivity index (χ0v) is 14.8. The molecule has 21 heavy (non-hydrogen) atoms. The molecule has 2 aliphatic carbocycles. The van der Waals surface area contributed by atoms with Crippen LogP contribution in [0.4, 0.5) is 5.69 Å². The fraction of sp³-hybridized carbons (Fsp3) is 0.667. The van der Waals surface area contributed by atoms with Crippen LogP contribution in [0.3, 0.4) is 0 Å². The van der Waals surface area contributed by atoms with E-state index in [1.807, 2.05) is 0 Å². The molecule has 0 aromatic heterocycles. The van der Waals surface area contributed by atoms with Crippen molar-refractivity contribution in [3.8, 4) is 0 Å². The molecule has 1 aromatic carbocycles. The van der Waals surface area contributed by atoms with Crippen LogP contribution >= 0.6 is 15.9 Å². The molecule has 3 heteroatoms. The maximum atomic E-state index is 3.67. The van der Waals surface area contributed by atoms with Crippen molar-refractivity contribution >= 4 is 21.6 Å². The van der Waals surface area contributed by atoms with Gasteiger partial charge in [-0.25, -0.2) is 0 Å². The lowest BCUT2D eigenvalue weighted by Gasteiger charge is -2.28. The SMILES string of the molecule is CC(C)CCN(c1ccc(Br)cc1CNC1CC1)C1CC1. The fourth-order valence-corrected chi connectivity index (χ4v) is 3.21. The third-order valence-electron chi connectivity index (χ3n) is 4.44. The van der Waals surface area contributed by atoms with Crippen LogP contribution < -0.4 is 10.2 Å². The quantitative estimate of drug-likeness (QED) is 0.729. The van der Waals surface area contributed by atoms with Crippen molar-refractivity contribution in [2.45, 2.75) is 64.6 Å². The molecular formula is C18H27BrN2. The third kappa shape index (κ3) is 4.46. The van der Waals surface area contributed by atoms with Gasteiger partial charge in [0.05, 0.1) is 0 Å². The Morgan fingerprint density at radius 2 is 2.00 bits per heavy atom. The zero-order valence-electron chi connectivity index (χ0n) is 13.2. The lowest BCUT2D eigenvalue weighted by molar-refractivity contribution is 0.569. The van der Waals surface area contributed by atoms with Crippen molar-refractivity contribution in [3.05, 3.63) is 28.2 Å². The monoisotopic (exact) mass is 350 g/mol. The van der Waals surface area contributed by atoms with Gasteiger partial charge in [-0.05, 0) is 61.8 Å². The van der Waals surface area contributed by atoms with Crippen LogP contribution in [0.2, 0.25) is 0 Å². The van der Waals surface area contributed by atoms with E-state index in [0.29, 0.717) is 0 Å². The van der Waals surface area contributed by atoms with E-state index in [1.54, 1.807) is 0 Å². The zero-order chi connectivity index (χ0) is 14.8. The van der Waals surface area contributed by atoms with Crippen molar-refractivity contribution in [3.63, 3.8) is 0 Å². The molecule has 1 aromatic rings. The molecule has 0 heterocycles. The predicted octanol–water partition coefficient (Wildman–Crippen LogP) is 4.72. The summed E-state index contributed by atoms with van der Waals surface area (Å²) in [6.45, 7) is 6.84. The molecule has 2 fully saturated rings. The van der Waals surface area contributed by atoms with Crippen molar-refractivity contribution in [1.82, 2.24) is 5.32 Å². The summed E-state index contributed by atoms with van der Waals surface area (Å²) >= 11 is 3.64. The number of rotatable bonds is 8. The van der Waals surface area contributed by atoms with Crippen LogP contribution in [0.1, 0.15) is 51.5 Å². The Balaban J connectivity index is 1.75. The molecule has 0 aliphatic heterocycles. The third-order valence-corrected chi connectivity index (χ3v) is 4.94. The summed E-state index contributed by atoms with van der Waals surface area (Å²) in [5.74, 6) is 0.773. The summed E-state index contributed by atoms with van der Waals surface area (Å²) in [5.41, 5.74) is 2.90. The van der Waals surface area contributed by atoms with E-state index in [4.69, 9.17) is 0 Å². The molecule has 2 aliphatic rings. The van der Waals surface area contributed by atoms with Gasteiger partial charge in [-0.15, -0.1) is 0 Å². The highest BCUT2D eigenvalue weighted by atomic mass is 79.9. The first-order valence-electron chi connectivity index (χ1n) is 8.42. The fourth-order valence-electron chi connectivity index (χ4n) is 2.80. The first-order chi connectivity index (χ1) is 10.1. The van der Waals surface area contributed by atoms with Gasteiger partial charge in [-0.1, -0.05) is 29.8 Å². The Bertz CT molecular complexity index is 478. The van der Waals surface area contributed by atoms with Gasteiger partial charge in [-0.2, -0.15) is 0 Å². The molecule has 2 nitrogen and oxygen atoms in total.